The highest BCUT2D eigenvalue weighted by Gasteiger charge is 2.17. The molecule has 0 rings (SSSR count). The van der Waals surface area contributed by atoms with Crippen molar-refractivity contribution in [3.63, 3.8) is 0 Å². The highest BCUT2D eigenvalue weighted by atomic mass is 16.5. The Kier molecular flexibility index (Phi) is 12.1. The molecule has 2 heteroatoms. The van der Waals surface area contributed by atoms with Gasteiger partial charge in [0.1, 0.15) is 0 Å². The zero-order valence-corrected chi connectivity index (χ0v) is 11.8. The fourth-order valence-corrected chi connectivity index (χ4v) is 1.07. The Bertz CT molecular complexity index is 122. The average Bonchev–Trinajstić information content (AvgIpc) is 2.17. The summed E-state index contributed by atoms with van der Waals surface area (Å²) in [6, 6.07) is 0. The molecule has 0 atom stereocenters. The van der Waals surface area contributed by atoms with E-state index in [1.54, 1.807) is 0 Å². The predicted molar refractivity (Wildman–Crippen MR) is 69.4 cm³/mol. The summed E-state index contributed by atoms with van der Waals surface area (Å²) in [7, 11) is 1.98. The van der Waals surface area contributed by atoms with Crippen molar-refractivity contribution < 1.29 is 4.74 Å². The van der Waals surface area contributed by atoms with Gasteiger partial charge in [0, 0.05) is 6.61 Å². The van der Waals surface area contributed by atoms with Gasteiger partial charge in [0.2, 0.25) is 0 Å². The van der Waals surface area contributed by atoms with Crippen LogP contribution in [-0.2, 0) is 4.74 Å². The van der Waals surface area contributed by atoms with Gasteiger partial charge in [-0.05, 0) is 46.2 Å². The van der Waals surface area contributed by atoms with Crippen molar-refractivity contribution in [2.75, 3.05) is 20.2 Å². The third kappa shape index (κ3) is 13.9. The van der Waals surface area contributed by atoms with E-state index in [0.717, 1.165) is 31.9 Å². The molecule has 15 heavy (non-hydrogen) atoms. The van der Waals surface area contributed by atoms with E-state index < -0.39 is 0 Å². The van der Waals surface area contributed by atoms with E-state index in [-0.39, 0.29) is 5.60 Å². The highest BCUT2D eigenvalue weighted by molar-refractivity contribution is 4.69. The zero-order chi connectivity index (χ0) is 12.3. The van der Waals surface area contributed by atoms with Gasteiger partial charge in [0.25, 0.3) is 0 Å². The SMILES string of the molecule is CC.CNCCC(C)(C)OCCC(C)C. The minimum absolute atomic E-state index is 0.0257. The maximum Gasteiger partial charge on any atom is 0.0638 e. The lowest BCUT2D eigenvalue weighted by Gasteiger charge is -2.25. The van der Waals surface area contributed by atoms with Gasteiger partial charge >= 0.3 is 0 Å². The molecule has 0 fully saturated rings. The molecule has 2 nitrogen and oxygen atoms in total. The van der Waals surface area contributed by atoms with Gasteiger partial charge < -0.3 is 10.1 Å². The molecule has 0 bridgehead atoms. The third-order valence-electron chi connectivity index (χ3n) is 2.17. The lowest BCUT2D eigenvalue weighted by Crippen LogP contribution is -2.29. The monoisotopic (exact) mass is 217 g/mol. The van der Waals surface area contributed by atoms with Crippen molar-refractivity contribution >= 4 is 0 Å². The number of hydrogen-bond donors (Lipinski definition) is 1. The lowest BCUT2D eigenvalue weighted by molar-refractivity contribution is -0.0269. The van der Waals surface area contributed by atoms with Gasteiger partial charge in [-0.25, -0.2) is 0 Å². The van der Waals surface area contributed by atoms with Crippen LogP contribution >= 0.6 is 0 Å². The van der Waals surface area contributed by atoms with Gasteiger partial charge in [-0.15, -0.1) is 0 Å². The van der Waals surface area contributed by atoms with Gasteiger partial charge in [0.15, 0.2) is 0 Å². The fraction of sp³-hybridized carbons (Fsp3) is 1.00. The largest absolute Gasteiger partial charge is 0.376 e. The maximum atomic E-state index is 5.80. The van der Waals surface area contributed by atoms with Crippen molar-refractivity contribution in [3.8, 4) is 0 Å². The highest BCUT2D eigenvalue weighted by Crippen LogP contribution is 2.14. The molecule has 0 aromatic rings. The standard InChI is InChI=1S/C11H25NO.C2H6/c1-10(2)6-9-13-11(3,4)7-8-12-5;1-2/h10,12H,6-9H2,1-5H3;1-2H3. The molecular weight excluding hydrogens is 186 g/mol. The van der Waals surface area contributed by atoms with Crippen molar-refractivity contribution in [1.29, 1.82) is 0 Å². The van der Waals surface area contributed by atoms with Crippen LogP contribution < -0.4 is 5.32 Å². The Morgan fingerprint density at radius 3 is 2.13 bits per heavy atom. The molecule has 0 aliphatic heterocycles. The molecule has 94 valence electrons. The predicted octanol–water partition coefficient (Wildman–Crippen LogP) is 3.46. The van der Waals surface area contributed by atoms with Crippen molar-refractivity contribution in [3.05, 3.63) is 0 Å². The van der Waals surface area contributed by atoms with Gasteiger partial charge in [-0.1, -0.05) is 27.7 Å². The van der Waals surface area contributed by atoms with Crippen molar-refractivity contribution in [1.82, 2.24) is 5.32 Å². The Balaban J connectivity index is 0. The van der Waals surface area contributed by atoms with E-state index in [9.17, 15) is 0 Å². The zero-order valence-electron chi connectivity index (χ0n) is 11.8. The summed E-state index contributed by atoms with van der Waals surface area (Å²) in [4.78, 5) is 0. The second-order valence-corrected chi connectivity index (χ2v) is 4.64. The number of ether oxygens (including phenoxy) is 1. The Labute approximate surface area is 96.8 Å². The molecule has 0 aliphatic rings. The smallest absolute Gasteiger partial charge is 0.0638 e. The molecule has 0 aliphatic carbocycles. The van der Waals surface area contributed by atoms with Gasteiger partial charge in [0.05, 0.1) is 5.60 Å². The van der Waals surface area contributed by atoms with E-state index in [1.165, 1.54) is 0 Å². The van der Waals surface area contributed by atoms with E-state index in [0.29, 0.717) is 0 Å². The molecule has 0 unspecified atom stereocenters. The molecule has 0 heterocycles. The number of hydrogen-bond acceptors (Lipinski definition) is 2. The fourth-order valence-electron chi connectivity index (χ4n) is 1.07. The molecule has 0 saturated carbocycles. The van der Waals surface area contributed by atoms with Crippen LogP contribution in [0.3, 0.4) is 0 Å². The summed E-state index contributed by atoms with van der Waals surface area (Å²) in [6.45, 7) is 14.7. The molecule has 0 amide bonds. The minimum atomic E-state index is 0.0257. The molecule has 0 aromatic heterocycles. The first-order chi connectivity index (χ1) is 6.98. The van der Waals surface area contributed by atoms with Crippen LogP contribution in [0.5, 0.6) is 0 Å². The van der Waals surface area contributed by atoms with Crippen molar-refractivity contribution in [2.45, 2.75) is 60.0 Å². The van der Waals surface area contributed by atoms with Crippen LogP contribution in [0, 0.1) is 5.92 Å². The van der Waals surface area contributed by atoms with Crippen LogP contribution in [0.4, 0.5) is 0 Å². The van der Waals surface area contributed by atoms with Gasteiger partial charge in [-0.2, -0.15) is 0 Å². The molecule has 0 radical (unpaired) electrons. The lowest BCUT2D eigenvalue weighted by atomic mass is 10.1. The Hall–Kier alpha value is -0.0800. The second kappa shape index (κ2) is 10.4. The number of nitrogens with one attached hydrogen (secondary N) is 1. The maximum absolute atomic E-state index is 5.80. The third-order valence-corrected chi connectivity index (χ3v) is 2.17. The van der Waals surface area contributed by atoms with Crippen LogP contribution in [-0.4, -0.2) is 25.8 Å². The first-order valence-corrected chi connectivity index (χ1v) is 6.26. The van der Waals surface area contributed by atoms with Crippen LogP contribution in [0.1, 0.15) is 54.4 Å². The van der Waals surface area contributed by atoms with Crippen LogP contribution in [0.15, 0.2) is 0 Å². The quantitative estimate of drug-likeness (QED) is 0.705. The summed E-state index contributed by atoms with van der Waals surface area (Å²) in [5.41, 5.74) is 0.0257. The molecule has 0 aromatic carbocycles. The molecule has 0 spiro atoms. The van der Waals surface area contributed by atoms with Gasteiger partial charge in [-0.3, -0.25) is 0 Å². The van der Waals surface area contributed by atoms with Crippen molar-refractivity contribution in [2.24, 2.45) is 5.92 Å². The van der Waals surface area contributed by atoms with Crippen LogP contribution in [0.25, 0.3) is 0 Å². The summed E-state index contributed by atoms with van der Waals surface area (Å²) in [5, 5.41) is 3.14. The average molecular weight is 217 g/mol. The first-order valence-electron chi connectivity index (χ1n) is 6.26. The summed E-state index contributed by atoms with van der Waals surface area (Å²) < 4.78 is 5.80. The minimum Gasteiger partial charge on any atom is -0.376 e. The van der Waals surface area contributed by atoms with Crippen LogP contribution in [0.2, 0.25) is 0 Å². The summed E-state index contributed by atoms with van der Waals surface area (Å²) in [6.07, 6.45) is 2.23. The molecular formula is C13H31NO. The Morgan fingerprint density at radius 2 is 1.73 bits per heavy atom. The van der Waals surface area contributed by atoms with E-state index in [4.69, 9.17) is 4.74 Å². The summed E-state index contributed by atoms with van der Waals surface area (Å²) in [5.74, 6) is 0.736. The first kappa shape index (κ1) is 17.3. The second-order valence-electron chi connectivity index (χ2n) is 4.64. The van der Waals surface area contributed by atoms with E-state index in [2.05, 4.69) is 33.0 Å². The topological polar surface area (TPSA) is 21.3 Å². The Morgan fingerprint density at radius 1 is 1.20 bits per heavy atom. The summed E-state index contributed by atoms with van der Waals surface area (Å²) >= 11 is 0. The normalized spacial score (nSPS) is 11.2. The van der Waals surface area contributed by atoms with E-state index >= 15 is 0 Å². The number of rotatable bonds is 7. The molecule has 1 N–H and O–H groups in total. The molecule has 0 saturated heterocycles. The van der Waals surface area contributed by atoms with E-state index in [1.807, 2.05) is 20.9 Å².